The molecule has 2 aliphatic rings. The first kappa shape index (κ1) is 23.5. The molecule has 1 saturated heterocycles. The molecule has 3 aromatic rings. The highest BCUT2D eigenvalue weighted by Gasteiger charge is 2.39. The molecule has 0 aliphatic carbocycles. The number of hydrogen-bond acceptors (Lipinski definition) is 5. The molecule has 8 heteroatoms. The van der Waals surface area contributed by atoms with Gasteiger partial charge < -0.3 is 14.5 Å². The van der Waals surface area contributed by atoms with Crippen LogP contribution in [0.1, 0.15) is 33.2 Å². The minimum absolute atomic E-state index is 0.00509. The van der Waals surface area contributed by atoms with Crippen molar-refractivity contribution in [1.29, 1.82) is 0 Å². The largest absolute Gasteiger partial charge is 0.481 e. The predicted molar refractivity (Wildman–Crippen MR) is 132 cm³/mol. The molecule has 0 radical (unpaired) electrons. The van der Waals surface area contributed by atoms with Gasteiger partial charge in [0, 0.05) is 26.2 Å². The third-order valence-corrected chi connectivity index (χ3v) is 6.54. The van der Waals surface area contributed by atoms with E-state index in [1.54, 1.807) is 36.1 Å². The number of piperazine rings is 1. The summed E-state index contributed by atoms with van der Waals surface area (Å²) in [5.74, 6) is -0.645. The first-order valence-electron chi connectivity index (χ1n) is 11.9. The molecule has 3 aromatic carbocycles. The molecule has 36 heavy (non-hydrogen) atoms. The predicted octanol–water partition coefficient (Wildman–Crippen LogP) is 3.74. The summed E-state index contributed by atoms with van der Waals surface area (Å²) in [5, 5.41) is 0. The summed E-state index contributed by atoms with van der Waals surface area (Å²) in [4.78, 5) is 44.2. The molecule has 184 valence electrons. The van der Waals surface area contributed by atoms with Gasteiger partial charge in [-0.1, -0.05) is 36.4 Å². The first-order chi connectivity index (χ1) is 17.4. The molecule has 0 spiro atoms. The van der Waals surface area contributed by atoms with Crippen LogP contribution in [0.5, 0.6) is 5.75 Å². The number of ether oxygens (including phenoxy) is 1. The SMILES string of the molecule is CC(Oc1ccccc1)C(=O)N1CCN(c2cccc3c2C(=O)N(Cc2cccc(F)c2)C3=O)CC1. The standard InChI is InChI=1S/C28H26FN3O4/c1-19(36-22-9-3-2-4-10-22)26(33)31-15-13-30(14-16-31)24-12-6-11-23-25(24)28(35)32(27(23)34)18-20-7-5-8-21(29)17-20/h2-12,17,19H,13-16,18H2,1H3. The van der Waals surface area contributed by atoms with E-state index in [1.807, 2.05) is 41.3 Å². The molecule has 0 N–H and O–H groups in total. The average Bonchev–Trinajstić information content (AvgIpc) is 3.14. The van der Waals surface area contributed by atoms with Gasteiger partial charge >= 0.3 is 0 Å². The van der Waals surface area contributed by atoms with Gasteiger partial charge in [-0.05, 0) is 48.9 Å². The Morgan fingerprint density at radius 3 is 2.36 bits per heavy atom. The van der Waals surface area contributed by atoms with E-state index in [0.29, 0.717) is 54.3 Å². The monoisotopic (exact) mass is 487 g/mol. The quantitative estimate of drug-likeness (QED) is 0.496. The van der Waals surface area contributed by atoms with Gasteiger partial charge in [-0.25, -0.2) is 4.39 Å². The minimum atomic E-state index is -0.615. The second-order valence-corrected chi connectivity index (χ2v) is 8.91. The van der Waals surface area contributed by atoms with Crippen LogP contribution in [0.3, 0.4) is 0 Å². The smallest absolute Gasteiger partial charge is 0.263 e. The molecular formula is C28H26FN3O4. The molecule has 1 fully saturated rings. The number of fused-ring (bicyclic) bond motifs is 1. The van der Waals surface area contributed by atoms with Crippen LogP contribution in [0, 0.1) is 5.82 Å². The van der Waals surface area contributed by atoms with Gasteiger partial charge in [-0.2, -0.15) is 0 Å². The van der Waals surface area contributed by atoms with E-state index in [2.05, 4.69) is 0 Å². The van der Waals surface area contributed by atoms with E-state index in [4.69, 9.17) is 4.74 Å². The number of hydrogen-bond donors (Lipinski definition) is 0. The summed E-state index contributed by atoms with van der Waals surface area (Å²) in [6.45, 7) is 3.73. The molecule has 0 bridgehead atoms. The summed E-state index contributed by atoms with van der Waals surface area (Å²) in [5.41, 5.74) is 1.93. The van der Waals surface area contributed by atoms with Gasteiger partial charge in [0.25, 0.3) is 17.7 Å². The minimum Gasteiger partial charge on any atom is -0.481 e. The van der Waals surface area contributed by atoms with Gasteiger partial charge in [0.2, 0.25) is 0 Å². The van der Waals surface area contributed by atoms with Crippen LogP contribution < -0.4 is 9.64 Å². The summed E-state index contributed by atoms with van der Waals surface area (Å²) in [7, 11) is 0. The Hall–Kier alpha value is -4.20. The van der Waals surface area contributed by atoms with Crippen LogP contribution in [0.25, 0.3) is 0 Å². The summed E-state index contributed by atoms with van der Waals surface area (Å²) >= 11 is 0. The third kappa shape index (κ3) is 4.54. The highest BCUT2D eigenvalue weighted by atomic mass is 19.1. The molecule has 1 atom stereocenters. The van der Waals surface area contributed by atoms with Gasteiger partial charge in [-0.3, -0.25) is 19.3 Å². The lowest BCUT2D eigenvalue weighted by Gasteiger charge is -2.37. The fourth-order valence-electron chi connectivity index (χ4n) is 4.72. The van der Waals surface area contributed by atoms with E-state index in [0.717, 1.165) is 4.90 Å². The van der Waals surface area contributed by atoms with Crippen molar-refractivity contribution < 1.29 is 23.5 Å². The Balaban J connectivity index is 1.27. The molecule has 0 aromatic heterocycles. The zero-order chi connectivity index (χ0) is 25.2. The Kier molecular flexibility index (Phi) is 6.41. The van der Waals surface area contributed by atoms with Crippen molar-refractivity contribution in [1.82, 2.24) is 9.80 Å². The fourth-order valence-corrected chi connectivity index (χ4v) is 4.72. The van der Waals surface area contributed by atoms with Crippen molar-refractivity contribution in [3.8, 4) is 5.75 Å². The molecule has 5 rings (SSSR count). The molecule has 3 amide bonds. The van der Waals surface area contributed by atoms with E-state index in [9.17, 15) is 18.8 Å². The number of carbonyl (C=O) groups is 3. The van der Waals surface area contributed by atoms with Gasteiger partial charge in [0.1, 0.15) is 11.6 Å². The molecule has 1 unspecified atom stereocenters. The second kappa shape index (κ2) is 9.81. The van der Waals surface area contributed by atoms with Crippen LogP contribution in [-0.2, 0) is 11.3 Å². The van der Waals surface area contributed by atoms with Crippen molar-refractivity contribution in [2.75, 3.05) is 31.1 Å². The lowest BCUT2D eigenvalue weighted by Crippen LogP contribution is -2.52. The third-order valence-electron chi connectivity index (χ3n) is 6.54. The second-order valence-electron chi connectivity index (χ2n) is 8.91. The zero-order valence-electron chi connectivity index (χ0n) is 19.9. The van der Waals surface area contributed by atoms with E-state index in [-0.39, 0.29) is 18.4 Å². The van der Waals surface area contributed by atoms with Crippen LogP contribution in [0.4, 0.5) is 10.1 Å². The topological polar surface area (TPSA) is 70.2 Å². The van der Waals surface area contributed by atoms with Crippen molar-refractivity contribution in [2.45, 2.75) is 19.6 Å². The van der Waals surface area contributed by atoms with Crippen molar-refractivity contribution in [2.24, 2.45) is 0 Å². The fraction of sp³-hybridized carbons (Fsp3) is 0.250. The van der Waals surface area contributed by atoms with E-state index >= 15 is 0 Å². The molecule has 2 heterocycles. The maximum Gasteiger partial charge on any atom is 0.263 e. The molecule has 2 aliphatic heterocycles. The van der Waals surface area contributed by atoms with Gasteiger partial charge in [-0.15, -0.1) is 0 Å². The first-order valence-corrected chi connectivity index (χ1v) is 11.9. The highest BCUT2D eigenvalue weighted by Crippen LogP contribution is 2.33. The van der Waals surface area contributed by atoms with Crippen LogP contribution in [-0.4, -0.2) is 59.8 Å². The normalized spacial score (nSPS) is 16.2. The van der Waals surface area contributed by atoms with Crippen molar-refractivity contribution >= 4 is 23.4 Å². The Morgan fingerprint density at radius 2 is 1.64 bits per heavy atom. The number of para-hydroxylation sites is 1. The number of halogens is 1. The lowest BCUT2D eigenvalue weighted by atomic mass is 10.1. The van der Waals surface area contributed by atoms with Crippen molar-refractivity contribution in [3.05, 3.63) is 95.3 Å². The summed E-state index contributed by atoms with van der Waals surface area (Å²) in [6.07, 6.45) is -0.615. The maximum atomic E-state index is 13.6. The maximum absolute atomic E-state index is 13.6. The molecular weight excluding hydrogens is 461 g/mol. The Morgan fingerprint density at radius 1 is 0.917 bits per heavy atom. The number of rotatable bonds is 6. The van der Waals surface area contributed by atoms with E-state index in [1.165, 1.54) is 12.1 Å². The van der Waals surface area contributed by atoms with E-state index < -0.39 is 17.8 Å². The van der Waals surface area contributed by atoms with Gasteiger partial charge in [0.05, 0.1) is 23.4 Å². The zero-order valence-corrected chi connectivity index (χ0v) is 19.9. The summed E-state index contributed by atoms with van der Waals surface area (Å²) in [6, 6.07) is 20.3. The highest BCUT2D eigenvalue weighted by molar-refractivity contribution is 6.23. The summed E-state index contributed by atoms with van der Waals surface area (Å²) < 4.78 is 19.4. The average molecular weight is 488 g/mol. The number of carbonyl (C=O) groups excluding carboxylic acids is 3. The lowest BCUT2D eigenvalue weighted by molar-refractivity contribution is -0.138. The number of anilines is 1. The van der Waals surface area contributed by atoms with Crippen molar-refractivity contribution in [3.63, 3.8) is 0 Å². The Labute approximate surface area is 208 Å². The number of nitrogens with zero attached hydrogens (tertiary/aromatic N) is 3. The number of amides is 3. The molecule has 0 saturated carbocycles. The number of benzene rings is 3. The van der Waals surface area contributed by atoms with Crippen LogP contribution in [0.2, 0.25) is 0 Å². The number of imide groups is 1. The van der Waals surface area contributed by atoms with Gasteiger partial charge in [0.15, 0.2) is 6.10 Å². The van der Waals surface area contributed by atoms with Crippen LogP contribution in [0.15, 0.2) is 72.8 Å². The molecule has 7 nitrogen and oxygen atoms in total. The Bertz CT molecular complexity index is 1310. The van der Waals surface area contributed by atoms with Crippen LogP contribution >= 0.6 is 0 Å².